The fourth-order valence-electron chi connectivity index (χ4n) is 2.46. The van der Waals surface area contributed by atoms with Gasteiger partial charge in [0.15, 0.2) is 0 Å². The van der Waals surface area contributed by atoms with Crippen molar-refractivity contribution in [2.45, 2.75) is 25.6 Å². The minimum absolute atomic E-state index is 0.177. The van der Waals surface area contributed by atoms with Gasteiger partial charge in [-0.1, -0.05) is 24.6 Å². The Bertz CT molecular complexity index is 909. The van der Waals surface area contributed by atoms with E-state index in [0.29, 0.717) is 17.8 Å². The van der Waals surface area contributed by atoms with E-state index in [9.17, 15) is 17.6 Å². The number of hydrogen-bond donors (Lipinski definition) is 1. The lowest BCUT2D eigenvalue weighted by Crippen LogP contribution is -2.15. The molecule has 0 aliphatic rings. The van der Waals surface area contributed by atoms with Crippen LogP contribution in [0.15, 0.2) is 30.6 Å². The van der Waals surface area contributed by atoms with Crippen molar-refractivity contribution in [2.75, 3.05) is 5.32 Å². The van der Waals surface area contributed by atoms with Gasteiger partial charge in [-0.05, 0) is 24.1 Å². The maximum atomic E-state index is 13.8. The second-order valence-corrected chi connectivity index (χ2v) is 5.67. The Morgan fingerprint density at radius 2 is 2.04 bits per heavy atom. The number of anilines is 1. The summed E-state index contributed by atoms with van der Waals surface area (Å²) >= 11 is 5.93. The van der Waals surface area contributed by atoms with Crippen LogP contribution in [0.25, 0.3) is 5.78 Å². The van der Waals surface area contributed by atoms with Crippen LogP contribution in [0, 0.1) is 5.82 Å². The summed E-state index contributed by atoms with van der Waals surface area (Å²) in [5, 5.41) is 7.27. The van der Waals surface area contributed by atoms with E-state index in [1.165, 1.54) is 23.0 Å². The highest BCUT2D eigenvalue weighted by Gasteiger charge is 2.34. The first kappa shape index (κ1) is 17.4. The molecule has 0 bridgehead atoms. The van der Waals surface area contributed by atoms with Gasteiger partial charge in [0.25, 0.3) is 5.78 Å². The van der Waals surface area contributed by atoms with E-state index in [4.69, 9.17) is 11.6 Å². The highest BCUT2D eigenvalue weighted by molar-refractivity contribution is 6.29. The molecule has 0 radical (unpaired) electrons. The lowest BCUT2D eigenvalue weighted by Gasteiger charge is -2.20. The molecular formula is C15H12ClF4N5. The Morgan fingerprint density at radius 1 is 1.28 bits per heavy atom. The topological polar surface area (TPSA) is 55.1 Å². The molecule has 0 fully saturated rings. The van der Waals surface area contributed by atoms with Crippen LogP contribution in [0.2, 0.25) is 5.15 Å². The van der Waals surface area contributed by atoms with Crippen LogP contribution in [0.1, 0.15) is 30.5 Å². The van der Waals surface area contributed by atoms with Crippen molar-refractivity contribution >= 4 is 23.2 Å². The molecule has 2 heterocycles. The molecule has 0 aliphatic carbocycles. The van der Waals surface area contributed by atoms with Crippen LogP contribution in [0.5, 0.6) is 0 Å². The number of fused-ring (bicyclic) bond motifs is 1. The molecule has 3 aromatic rings. The molecule has 10 heteroatoms. The van der Waals surface area contributed by atoms with Crippen molar-refractivity contribution in [3.63, 3.8) is 0 Å². The summed E-state index contributed by atoms with van der Waals surface area (Å²) in [6, 6.07) is 3.91. The van der Waals surface area contributed by atoms with E-state index < -0.39 is 23.6 Å². The van der Waals surface area contributed by atoms with Crippen LogP contribution in [0.3, 0.4) is 0 Å². The van der Waals surface area contributed by atoms with E-state index >= 15 is 0 Å². The normalized spacial score (nSPS) is 13.2. The van der Waals surface area contributed by atoms with Gasteiger partial charge >= 0.3 is 6.18 Å². The summed E-state index contributed by atoms with van der Waals surface area (Å²) in [7, 11) is 0. The summed E-state index contributed by atoms with van der Waals surface area (Å²) in [5.74, 6) is -0.605. The van der Waals surface area contributed by atoms with Gasteiger partial charge in [0.1, 0.15) is 23.1 Å². The highest BCUT2D eigenvalue weighted by Crippen LogP contribution is 2.33. The highest BCUT2D eigenvalue weighted by atomic mass is 35.5. The average molecular weight is 374 g/mol. The standard InChI is InChI=1S/C15H12ClF4N5/c1-2-11(8-3-4-9(10(17)5-8)15(18,19)20)23-13-6-12(16)24-14-21-7-22-25(13)14/h3-7,11,23H,2H2,1H3. The predicted molar refractivity (Wildman–Crippen MR) is 83.8 cm³/mol. The first-order valence-corrected chi connectivity index (χ1v) is 7.67. The Kier molecular flexibility index (Phi) is 4.51. The maximum Gasteiger partial charge on any atom is 0.419 e. The summed E-state index contributed by atoms with van der Waals surface area (Å²) in [4.78, 5) is 7.91. The van der Waals surface area contributed by atoms with Gasteiger partial charge in [-0.3, -0.25) is 0 Å². The lowest BCUT2D eigenvalue weighted by molar-refractivity contribution is -0.140. The van der Waals surface area contributed by atoms with Gasteiger partial charge in [0.05, 0.1) is 11.6 Å². The quantitative estimate of drug-likeness (QED) is 0.540. The fourth-order valence-corrected chi connectivity index (χ4v) is 2.64. The summed E-state index contributed by atoms with van der Waals surface area (Å²) < 4.78 is 53.3. The maximum absolute atomic E-state index is 13.8. The molecule has 0 amide bonds. The van der Waals surface area contributed by atoms with Gasteiger partial charge in [-0.15, -0.1) is 0 Å². The minimum Gasteiger partial charge on any atom is -0.363 e. The Hall–Kier alpha value is -2.42. The van der Waals surface area contributed by atoms with Gasteiger partial charge in [0.2, 0.25) is 0 Å². The minimum atomic E-state index is -4.73. The van der Waals surface area contributed by atoms with Crippen molar-refractivity contribution in [2.24, 2.45) is 0 Å². The third-order valence-corrected chi connectivity index (χ3v) is 3.85. The largest absolute Gasteiger partial charge is 0.419 e. The molecule has 0 saturated heterocycles. The van der Waals surface area contributed by atoms with Crippen LogP contribution >= 0.6 is 11.6 Å². The lowest BCUT2D eigenvalue weighted by atomic mass is 10.0. The molecule has 1 aromatic carbocycles. The second-order valence-electron chi connectivity index (χ2n) is 5.28. The smallest absolute Gasteiger partial charge is 0.363 e. The van der Waals surface area contributed by atoms with Crippen molar-refractivity contribution in [1.82, 2.24) is 19.6 Å². The molecule has 25 heavy (non-hydrogen) atoms. The van der Waals surface area contributed by atoms with E-state index in [-0.39, 0.29) is 10.9 Å². The van der Waals surface area contributed by atoms with Crippen LogP contribution in [-0.4, -0.2) is 19.6 Å². The van der Waals surface area contributed by atoms with Gasteiger partial charge < -0.3 is 5.32 Å². The molecule has 1 unspecified atom stereocenters. The van der Waals surface area contributed by atoms with Gasteiger partial charge in [-0.25, -0.2) is 4.39 Å². The Morgan fingerprint density at radius 3 is 2.68 bits per heavy atom. The van der Waals surface area contributed by atoms with Crippen LogP contribution in [-0.2, 0) is 6.18 Å². The molecule has 2 aromatic heterocycles. The zero-order chi connectivity index (χ0) is 18.2. The Balaban J connectivity index is 1.95. The number of rotatable bonds is 4. The van der Waals surface area contributed by atoms with E-state index in [0.717, 1.165) is 12.1 Å². The molecule has 1 N–H and O–H groups in total. The van der Waals surface area contributed by atoms with Gasteiger partial charge in [0, 0.05) is 6.07 Å². The number of nitrogens with zero attached hydrogens (tertiary/aromatic N) is 4. The zero-order valence-electron chi connectivity index (χ0n) is 12.8. The molecule has 0 spiro atoms. The number of benzene rings is 1. The number of hydrogen-bond acceptors (Lipinski definition) is 4. The summed E-state index contributed by atoms with van der Waals surface area (Å²) in [5.41, 5.74) is -0.925. The zero-order valence-corrected chi connectivity index (χ0v) is 13.6. The molecule has 0 saturated carbocycles. The molecular weight excluding hydrogens is 362 g/mol. The SMILES string of the molecule is CCC(Nc1cc(Cl)nc2ncnn12)c1ccc(C(F)(F)F)c(F)c1. The van der Waals surface area contributed by atoms with E-state index in [1.807, 2.05) is 6.92 Å². The summed E-state index contributed by atoms with van der Waals surface area (Å²) in [6.45, 7) is 1.81. The van der Waals surface area contributed by atoms with Crippen molar-refractivity contribution in [3.8, 4) is 0 Å². The van der Waals surface area contributed by atoms with Crippen molar-refractivity contribution in [1.29, 1.82) is 0 Å². The number of halogens is 5. The molecule has 1 atom stereocenters. The fraction of sp³-hybridized carbons (Fsp3) is 0.267. The molecule has 3 rings (SSSR count). The number of nitrogens with one attached hydrogen (secondary N) is 1. The van der Waals surface area contributed by atoms with Crippen LogP contribution in [0.4, 0.5) is 23.4 Å². The third-order valence-electron chi connectivity index (χ3n) is 3.65. The third kappa shape index (κ3) is 3.51. The van der Waals surface area contributed by atoms with E-state index in [1.54, 1.807) is 0 Å². The second kappa shape index (κ2) is 6.47. The van der Waals surface area contributed by atoms with Crippen molar-refractivity contribution in [3.05, 3.63) is 52.7 Å². The first-order valence-electron chi connectivity index (χ1n) is 7.29. The molecule has 132 valence electrons. The molecule has 5 nitrogen and oxygen atoms in total. The van der Waals surface area contributed by atoms with Crippen molar-refractivity contribution < 1.29 is 17.6 Å². The predicted octanol–water partition coefficient (Wildman–Crippen LogP) is 4.50. The average Bonchev–Trinajstić information content (AvgIpc) is 2.99. The van der Waals surface area contributed by atoms with E-state index in [2.05, 4.69) is 20.4 Å². The van der Waals surface area contributed by atoms with Crippen LogP contribution < -0.4 is 5.32 Å². The number of aromatic nitrogens is 4. The molecule has 0 aliphatic heterocycles. The van der Waals surface area contributed by atoms with Gasteiger partial charge in [-0.2, -0.15) is 32.8 Å². The Labute approximate surface area is 144 Å². The number of alkyl halides is 3. The summed E-state index contributed by atoms with van der Waals surface area (Å²) in [6.07, 6.45) is -2.95. The monoisotopic (exact) mass is 373 g/mol. The first-order chi connectivity index (χ1) is 11.8.